The van der Waals surface area contributed by atoms with Gasteiger partial charge in [0.25, 0.3) is 0 Å². The zero-order chi connectivity index (χ0) is 7.23. The van der Waals surface area contributed by atoms with Gasteiger partial charge in [-0.15, -0.1) is 0 Å². The number of ether oxygens (including phenoxy) is 2. The van der Waals surface area contributed by atoms with E-state index in [1.54, 1.807) is 6.26 Å². The Kier molecular flexibility index (Phi) is 3.30. The molecule has 1 unspecified atom stereocenters. The summed E-state index contributed by atoms with van der Waals surface area (Å²) >= 11 is 0. The van der Waals surface area contributed by atoms with E-state index >= 15 is 0 Å². The summed E-state index contributed by atoms with van der Waals surface area (Å²) in [7, 11) is 0. The third kappa shape index (κ3) is 2.40. The molecule has 0 bridgehead atoms. The minimum absolute atomic E-state index is 0.621. The van der Waals surface area contributed by atoms with E-state index in [1.807, 2.05) is 13.0 Å². The normalized spacial score (nSPS) is 25.9. The molecule has 0 spiro atoms. The van der Waals surface area contributed by atoms with E-state index in [0.29, 0.717) is 5.92 Å². The molecule has 0 aromatic heterocycles. The summed E-state index contributed by atoms with van der Waals surface area (Å²) in [6.45, 7) is 4.54. The fraction of sp³-hybridized carbons (Fsp3) is 0.750. The predicted molar refractivity (Wildman–Crippen MR) is 39.7 cm³/mol. The topological polar surface area (TPSA) is 18.5 Å². The van der Waals surface area contributed by atoms with Gasteiger partial charge in [0, 0.05) is 12.5 Å². The van der Waals surface area contributed by atoms with Gasteiger partial charge in [-0.1, -0.05) is 6.08 Å². The van der Waals surface area contributed by atoms with E-state index in [0.717, 1.165) is 26.2 Å². The van der Waals surface area contributed by atoms with E-state index in [9.17, 15) is 0 Å². The van der Waals surface area contributed by atoms with Gasteiger partial charge in [0.1, 0.15) is 0 Å². The Hall–Kier alpha value is -0.500. The average molecular weight is 142 g/mol. The van der Waals surface area contributed by atoms with Crippen molar-refractivity contribution >= 4 is 0 Å². The molecular weight excluding hydrogens is 128 g/mol. The van der Waals surface area contributed by atoms with E-state index in [1.165, 1.54) is 0 Å². The molecule has 1 heterocycles. The van der Waals surface area contributed by atoms with Crippen molar-refractivity contribution < 1.29 is 9.47 Å². The van der Waals surface area contributed by atoms with Crippen LogP contribution in [-0.4, -0.2) is 19.8 Å². The molecule has 0 amide bonds. The Morgan fingerprint density at radius 1 is 1.70 bits per heavy atom. The van der Waals surface area contributed by atoms with Gasteiger partial charge in [-0.3, -0.25) is 0 Å². The van der Waals surface area contributed by atoms with Crippen molar-refractivity contribution in [3.8, 4) is 0 Å². The van der Waals surface area contributed by atoms with Crippen LogP contribution >= 0.6 is 0 Å². The molecule has 0 N–H and O–H groups in total. The van der Waals surface area contributed by atoms with Gasteiger partial charge < -0.3 is 9.47 Å². The molecule has 1 rings (SSSR count). The van der Waals surface area contributed by atoms with Crippen LogP contribution in [0.2, 0.25) is 0 Å². The molecule has 1 fully saturated rings. The standard InChI is InChI=1S/C8H14O2/c1-2-4-9-6-8-3-5-10-7-8/h2,4,8H,3,5-7H2,1H3/b4-2+. The Balaban J connectivity index is 2.01. The van der Waals surface area contributed by atoms with Crippen LogP contribution in [-0.2, 0) is 9.47 Å². The second-order valence-electron chi connectivity index (χ2n) is 2.53. The summed E-state index contributed by atoms with van der Waals surface area (Å²) in [6.07, 6.45) is 4.78. The van der Waals surface area contributed by atoms with E-state index in [2.05, 4.69) is 0 Å². The maximum Gasteiger partial charge on any atom is 0.0924 e. The minimum atomic E-state index is 0.621. The molecule has 2 heteroatoms. The highest BCUT2D eigenvalue weighted by molar-refractivity contribution is 4.68. The number of hydrogen-bond acceptors (Lipinski definition) is 2. The van der Waals surface area contributed by atoms with Gasteiger partial charge in [0.15, 0.2) is 0 Å². The number of rotatable bonds is 3. The first-order chi connectivity index (χ1) is 4.93. The fourth-order valence-electron chi connectivity index (χ4n) is 1.00. The summed E-state index contributed by atoms with van der Waals surface area (Å²) in [5.41, 5.74) is 0. The first-order valence-corrected chi connectivity index (χ1v) is 3.74. The fourth-order valence-corrected chi connectivity index (χ4v) is 1.00. The third-order valence-electron chi connectivity index (χ3n) is 1.59. The van der Waals surface area contributed by atoms with Gasteiger partial charge in [-0.25, -0.2) is 0 Å². The Bertz CT molecular complexity index is 104. The van der Waals surface area contributed by atoms with Gasteiger partial charge in [0.05, 0.1) is 19.5 Å². The van der Waals surface area contributed by atoms with Crippen molar-refractivity contribution in [2.24, 2.45) is 5.92 Å². The van der Waals surface area contributed by atoms with Crippen molar-refractivity contribution in [3.05, 3.63) is 12.3 Å². The minimum Gasteiger partial charge on any atom is -0.501 e. The van der Waals surface area contributed by atoms with E-state index in [4.69, 9.17) is 9.47 Å². The van der Waals surface area contributed by atoms with Crippen LogP contribution in [0.3, 0.4) is 0 Å². The molecule has 2 nitrogen and oxygen atoms in total. The first-order valence-electron chi connectivity index (χ1n) is 3.74. The smallest absolute Gasteiger partial charge is 0.0924 e. The van der Waals surface area contributed by atoms with Crippen molar-refractivity contribution in [1.29, 1.82) is 0 Å². The largest absolute Gasteiger partial charge is 0.501 e. The van der Waals surface area contributed by atoms with Crippen LogP contribution in [0.5, 0.6) is 0 Å². The summed E-state index contributed by atoms with van der Waals surface area (Å²) in [5, 5.41) is 0. The number of allylic oxidation sites excluding steroid dienone is 1. The SMILES string of the molecule is C/C=C/OCC1CCOC1. The van der Waals surface area contributed by atoms with Gasteiger partial charge in [0.2, 0.25) is 0 Å². The lowest BCUT2D eigenvalue weighted by Crippen LogP contribution is -2.06. The monoisotopic (exact) mass is 142 g/mol. The van der Waals surface area contributed by atoms with Crippen LogP contribution in [0.4, 0.5) is 0 Å². The lowest BCUT2D eigenvalue weighted by atomic mass is 10.1. The zero-order valence-corrected chi connectivity index (χ0v) is 6.38. The second kappa shape index (κ2) is 4.34. The summed E-state index contributed by atoms with van der Waals surface area (Å²) in [5.74, 6) is 0.621. The average Bonchev–Trinajstić information content (AvgIpc) is 2.41. The van der Waals surface area contributed by atoms with Crippen molar-refractivity contribution in [1.82, 2.24) is 0 Å². The Morgan fingerprint density at radius 2 is 2.60 bits per heavy atom. The van der Waals surface area contributed by atoms with Crippen LogP contribution in [0.15, 0.2) is 12.3 Å². The van der Waals surface area contributed by atoms with Crippen LogP contribution in [0, 0.1) is 5.92 Å². The van der Waals surface area contributed by atoms with Gasteiger partial charge >= 0.3 is 0 Å². The highest BCUT2D eigenvalue weighted by Gasteiger charge is 2.14. The lowest BCUT2D eigenvalue weighted by molar-refractivity contribution is 0.150. The van der Waals surface area contributed by atoms with Crippen molar-refractivity contribution in [3.63, 3.8) is 0 Å². The van der Waals surface area contributed by atoms with Gasteiger partial charge in [-0.05, 0) is 13.3 Å². The number of hydrogen-bond donors (Lipinski definition) is 0. The molecule has 1 atom stereocenters. The van der Waals surface area contributed by atoms with Crippen LogP contribution in [0.25, 0.3) is 0 Å². The molecule has 0 aliphatic carbocycles. The first kappa shape index (κ1) is 7.61. The quantitative estimate of drug-likeness (QED) is 0.557. The molecule has 1 aliphatic rings. The maximum absolute atomic E-state index is 5.21. The molecule has 1 saturated heterocycles. The Labute approximate surface area is 61.8 Å². The molecule has 0 saturated carbocycles. The molecule has 1 aliphatic heterocycles. The predicted octanol–water partition coefficient (Wildman–Crippen LogP) is 1.57. The summed E-state index contributed by atoms with van der Waals surface area (Å²) < 4.78 is 10.4. The van der Waals surface area contributed by atoms with Gasteiger partial charge in [-0.2, -0.15) is 0 Å². The molecular formula is C8H14O2. The summed E-state index contributed by atoms with van der Waals surface area (Å²) in [6, 6.07) is 0. The zero-order valence-electron chi connectivity index (χ0n) is 6.38. The van der Waals surface area contributed by atoms with E-state index < -0.39 is 0 Å². The van der Waals surface area contributed by atoms with Crippen LogP contribution in [0.1, 0.15) is 13.3 Å². The molecule has 10 heavy (non-hydrogen) atoms. The maximum atomic E-state index is 5.21. The molecule has 58 valence electrons. The highest BCUT2D eigenvalue weighted by Crippen LogP contribution is 2.11. The van der Waals surface area contributed by atoms with E-state index in [-0.39, 0.29) is 0 Å². The third-order valence-corrected chi connectivity index (χ3v) is 1.59. The Morgan fingerprint density at radius 3 is 3.20 bits per heavy atom. The molecule has 0 aromatic carbocycles. The molecule has 0 radical (unpaired) electrons. The van der Waals surface area contributed by atoms with Crippen LogP contribution < -0.4 is 0 Å². The van der Waals surface area contributed by atoms with Crippen molar-refractivity contribution in [2.45, 2.75) is 13.3 Å². The lowest BCUT2D eigenvalue weighted by Gasteiger charge is -2.04. The second-order valence-corrected chi connectivity index (χ2v) is 2.53. The van der Waals surface area contributed by atoms with Crippen molar-refractivity contribution in [2.75, 3.05) is 19.8 Å². The molecule has 0 aromatic rings. The summed E-state index contributed by atoms with van der Waals surface area (Å²) in [4.78, 5) is 0. The highest BCUT2D eigenvalue weighted by atomic mass is 16.5.